The molecule has 0 unspecified atom stereocenters. The van der Waals surface area contributed by atoms with Crippen molar-refractivity contribution in [2.24, 2.45) is 0 Å². The summed E-state index contributed by atoms with van der Waals surface area (Å²) in [5.74, 6) is 0. The Labute approximate surface area is 92.2 Å². The van der Waals surface area contributed by atoms with Crippen molar-refractivity contribution in [2.75, 3.05) is 7.11 Å². The summed E-state index contributed by atoms with van der Waals surface area (Å²) in [6.45, 7) is 11.9. The Kier molecular flexibility index (Phi) is 6.25. The minimum atomic E-state index is -1.36. The van der Waals surface area contributed by atoms with Gasteiger partial charge in [-0.2, -0.15) is 0 Å². The first-order valence-corrected chi connectivity index (χ1v) is 12.1. The van der Waals surface area contributed by atoms with Crippen LogP contribution in [0.1, 0.15) is 34.6 Å². The Bertz CT molecular complexity index is 117. The van der Waals surface area contributed by atoms with Crippen LogP contribution in [0.5, 0.6) is 0 Å². The molecule has 3 heteroatoms. The van der Waals surface area contributed by atoms with Crippen molar-refractivity contribution in [3.05, 3.63) is 0 Å². The fourth-order valence-electron chi connectivity index (χ4n) is 3.22. The molecule has 0 spiro atoms. The quantitative estimate of drug-likeness (QED) is 0.598. The molecule has 14 heavy (non-hydrogen) atoms. The molecule has 0 saturated heterocycles. The van der Waals surface area contributed by atoms with E-state index in [9.17, 15) is 0 Å². The van der Waals surface area contributed by atoms with Gasteiger partial charge in [0.05, 0.1) is 7.59 Å². The standard InChI is InChI=1S/C11H28OSi2/c1-7-13(8-2,9-3)14(10-4,11-5)12-6/h7-11H2,1-6H3. The second-order valence-electron chi connectivity index (χ2n) is 4.25. The van der Waals surface area contributed by atoms with Crippen LogP contribution >= 0.6 is 0 Å². The lowest BCUT2D eigenvalue weighted by molar-refractivity contribution is 0.407. The molecule has 0 aromatic rings. The van der Waals surface area contributed by atoms with Gasteiger partial charge in [-0.25, -0.2) is 0 Å². The van der Waals surface area contributed by atoms with E-state index in [1.165, 1.54) is 30.2 Å². The van der Waals surface area contributed by atoms with Gasteiger partial charge in [0.2, 0.25) is 0 Å². The van der Waals surface area contributed by atoms with E-state index < -0.39 is 15.4 Å². The third kappa shape index (κ3) is 2.14. The summed E-state index contributed by atoms with van der Waals surface area (Å²) in [4.78, 5) is 0. The van der Waals surface area contributed by atoms with Crippen LogP contribution in [0, 0.1) is 0 Å². The highest BCUT2D eigenvalue weighted by atomic mass is 29.3. The summed E-state index contributed by atoms with van der Waals surface area (Å²) in [5, 5.41) is 0. The van der Waals surface area contributed by atoms with Crippen molar-refractivity contribution >= 4 is 15.4 Å². The summed E-state index contributed by atoms with van der Waals surface area (Å²) >= 11 is 0. The molecular weight excluding hydrogens is 204 g/mol. The van der Waals surface area contributed by atoms with Gasteiger partial charge in [0.15, 0.2) is 7.83 Å². The third-order valence-corrected chi connectivity index (χ3v) is 25.3. The number of hydrogen-bond donors (Lipinski definition) is 0. The highest BCUT2D eigenvalue weighted by molar-refractivity contribution is 7.40. The molecule has 0 heterocycles. The van der Waals surface area contributed by atoms with Crippen LogP contribution in [0.3, 0.4) is 0 Å². The van der Waals surface area contributed by atoms with E-state index in [2.05, 4.69) is 34.6 Å². The molecule has 0 fully saturated rings. The maximum absolute atomic E-state index is 6.08. The van der Waals surface area contributed by atoms with Crippen molar-refractivity contribution in [3.8, 4) is 0 Å². The molecule has 0 bridgehead atoms. The molecule has 86 valence electrons. The highest BCUT2D eigenvalue weighted by Crippen LogP contribution is 2.36. The Morgan fingerprint density at radius 3 is 1.14 bits per heavy atom. The molecule has 0 amide bonds. The average molecular weight is 233 g/mol. The van der Waals surface area contributed by atoms with E-state index in [1.54, 1.807) is 0 Å². The summed E-state index contributed by atoms with van der Waals surface area (Å²) in [5.41, 5.74) is 0. The van der Waals surface area contributed by atoms with Crippen LogP contribution in [0.2, 0.25) is 30.2 Å². The lowest BCUT2D eigenvalue weighted by atomic mass is 10.9. The normalized spacial score (nSPS) is 13.3. The highest BCUT2D eigenvalue weighted by Gasteiger charge is 2.50. The Morgan fingerprint density at radius 2 is 1.07 bits per heavy atom. The van der Waals surface area contributed by atoms with Crippen LogP contribution in [0.25, 0.3) is 0 Å². The minimum Gasteiger partial charge on any atom is -0.423 e. The first-order valence-electron chi connectivity index (χ1n) is 6.17. The maximum Gasteiger partial charge on any atom is 0.179 e. The van der Waals surface area contributed by atoms with E-state index in [0.29, 0.717) is 0 Å². The first kappa shape index (κ1) is 14.4. The van der Waals surface area contributed by atoms with Crippen molar-refractivity contribution in [2.45, 2.75) is 64.8 Å². The molecule has 0 radical (unpaired) electrons. The second kappa shape index (κ2) is 6.08. The number of hydrogen-bond acceptors (Lipinski definition) is 1. The van der Waals surface area contributed by atoms with Crippen molar-refractivity contribution < 1.29 is 4.43 Å². The van der Waals surface area contributed by atoms with Gasteiger partial charge in [0, 0.05) is 7.11 Å². The van der Waals surface area contributed by atoms with E-state index >= 15 is 0 Å². The predicted molar refractivity (Wildman–Crippen MR) is 70.9 cm³/mol. The lowest BCUT2D eigenvalue weighted by Gasteiger charge is -2.44. The Hall–Kier alpha value is 0.394. The molecule has 0 N–H and O–H groups in total. The molecule has 0 atom stereocenters. The van der Waals surface area contributed by atoms with Crippen molar-refractivity contribution in [1.29, 1.82) is 0 Å². The Balaban J connectivity index is 5.08. The van der Waals surface area contributed by atoms with Crippen LogP contribution in [-0.2, 0) is 4.43 Å². The molecule has 1 nitrogen and oxygen atoms in total. The van der Waals surface area contributed by atoms with Crippen LogP contribution in [0.15, 0.2) is 0 Å². The fourth-order valence-corrected chi connectivity index (χ4v) is 21.3. The molecule has 0 aliphatic heterocycles. The van der Waals surface area contributed by atoms with Gasteiger partial charge in [0.25, 0.3) is 0 Å². The molecule has 0 aromatic heterocycles. The van der Waals surface area contributed by atoms with E-state index in [1.807, 2.05) is 7.11 Å². The summed E-state index contributed by atoms with van der Waals surface area (Å²) in [6.07, 6.45) is 0. The zero-order valence-corrected chi connectivity index (χ0v) is 12.9. The van der Waals surface area contributed by atoms with Gasteiger partial charge in [0.1, 0.15) is 0 Å². The van der Waals surface area contributed by atoms with Gasteiger partial charge < -0.3 is 4.43 Å². The summed E-state index contributed by atoms with van der Waals surface area (Å²) in [7, 11) is -0.464. The van der Waals surface area contributed by atoms with Crippen molar-refractivity contribution in [1.82, 2.24) is 0 Å². The molecule has 0 aliphatic rings. The zero-order chi connectivity index (χ0) is 11.2. The van der Waals surface area contributed by atoms with Gasteiger partial charge in [-0.3, -0.25) is 0 Å². The van der Waals surface area contributed by atoms with Crippen LogP contribution in [-0.4, -0.2) is 22.5 Å². The minimum absolute atomic E-state index is 1.08. The van der Waals surface area contributed by atoms with E-state index in [0.717, 1.165) is 0 Å². The lowest BCUT2D eigenvalue weighted by Crippen LogP contribution is -2.62. The van der Waals surface area contributed by atoms with Gasteiger partial charge >= 0.3 is 0 Å². The third-order valence-electron chi connectivity index (χ3n) is 4.53. The van der Waals surface area contributed by atoms with Crippen molar-refractivity contribution in [3.63, 3.8) is 0 Å². The second-order valence-corrected chi connectivity index (χ2v) is 18.7. The van der Waals surface area contributed by atoms with E-state index in [4.69, 9.17) is 4.43 Å². The predicted octanol–water partition coefficient (Wildman–Crippen LogP) is 4.21. The summed E-state index contributed by atoms with van der Waals surface area (Å²) < 4.78 is 6.08. The van der Waals surface area contributed by atoms with Gasteiger partial charge in [-0.15, -0.1) is 0 Å². The van der Waals surface area contributed by atoms with Gasteiger partial charge in [-0.05, 0) is 12.1 Å². The smallest absolute Gasteiger partial charge is 0.179 e. The first-order chi connectivity index (χ1) is 6.61. The average Bonchev–Trinajstić information content (AvgIpc) is 2.27. The van der Waals surface area contributed by atoms with Crippen LogP contribution < -0.4 is 0 Å². The topological polar surface area (TPSA) is 9.23 Å². The van der Waals surface area contributed by atoms with Gasteiger partial charge in [-0.1, -0.05) is 52.8 Å². The fraction of sp³-hybridized carbons (Fsp3) is 1.00. The maximum atomic E-state index is 6.08. The zero-order valence-electron chi connectivity index (χ0n) is 10.9. The SMILES string of the molecule is CC[Si](CC)(CC)[Si](CC)(CC)OC. The Morgan fingerprint density at radius 1 is 0.714 bits per heavy atom. The molecule has 0 aromatic carbocycles. The molecule has 0 aliphatic carbocycles. The summed E-state index contributed by atoms with van der Waals surface area (Å²) in [6, 6.07) is 6.90. The molecule has 0 rings (SSSR count). The van der Waals surface area contributed by atoms with Crippen LogP contribution in [0.4, 0.5) is 0 Å². The molecule has 0 saturated carbocycles. The monoisotopic (exact) mass is 232 g/mol. The molecular formula is C11H28OSi2. The largest absolute Gasteiger partial charge is 0.423 e. The van der Waals surface area contributed by atoms with E-state index in [-0.39, 0.29) is 0 Å². The number of rotatable bonds is 7.